The van der Waals surface area contributed by atoms with Gasteiger partial charge in [-0.25, -0.2) is 5.32 Å². The number of hydrogen-bond acceptors (Lipinski definition) is 1. The second kappa shape index (κ2) is 6.40. The van der Waals surface area contributed by atoms with Crippen LogP contribution in [0.3, 0.4) is 0 Å². The molecule has 0 bridgehead atoms. The number of carbonyl (C=O) groups excluding carboxylic acids is 1. The SMILES string of the molecule is C=CCN(CC=C)C(=O)C1CCCC[N]1. The van der Waals surface area contributed by atoms with Gasteiger partial charge < -0.3 is 4.90 Å². The van der Waals surface area contributed by atoms with Crippen LogP contribution in [0.15, 0.2) is 25.3 Å². The zero-order chi connectivity index (χ0) is 11.1. The monoisotopic (exact) mass is 207 g/mol. The fourth-order valence-electron chi connectivity index (χ4n) is 1.77. The van der Waals surface area contributed by atoms with Crippen molar-refractivity contribution in [1.82, 2.24) is 10.2 Å². The number of nitrogens with zero attached hydrogens (tertiary/aromatic N) is 2. The van der Waals surface area contributed by atoms with E-state index < -0.39 is 0 Å². The summed E-state index contributed by atoms with van der Waals surface area (Å²) in [5, 5.41) is 4.35. The number of piperidine rings is 1. The van der Waals surface area contributed by atoms with Crippen molar-refractivity contribution >= 4 is 5.91 Å². The Labute approximate surface area is 91.8 Å². The Kier molecular flexibility index (Phi) is 5.12. The van der Waals surface area contributed by atoms with Crippen molar-refractivity contribution < 1.29 is 4.79 Å². The molecule has 0 aromatic rings. The first-order valence-corrected chi connectivity index (χ1v) is 5.46. The van der Waals surface area contributed by atoms with Gasteiger partial charge in [-0.1, -0.05) is 12.2 Å². The number of amides is 1. The molecule has 1 heterocycles. The highest BCUT2D eigenvalue weighted by atomic mass is 16.2. The molecule has 0 aliphatic carbocycles. The summed E-state index contributed by atoms with van der Waals surface area (Å²) < 4.78 is 0. The largest absolute Gasteiger partial charge is 0.334 e. The van der Waals surface area contributed by atoms with Gasteiger partial charge in [-0.15, -0.1) is 13.2 Å². The molecule has 1 saturated heterocycles. The first-order valence-electron chi connectivity index (χ1n) is 5.46. The van der Waals surface area contributed by atoms with Crippen molar-refractivity contribution in [3.8, 4) is 0 Å². The third-order valence-corrected chi connectivity index (χ3v) is 2.53. The molecule has 15 heavy (non-hydrogen) atoms. The van der Waals surface area contributed by atoms with Crippen molar-refractivity contribution in [2.75, 3.05) is 19.6 Å². The summed E-state index contributed by atoms with van der Waals surface area (Å²) in [6.07, 6.45) is 6.60. The van der Waals surface area contributed by atoms with Crippen molar-refractivity contribution in [1.29, 1.82) is 0 Å². The van der Waals surface area contributed by atoms with Crippen LogP contribution in [0.4, 0.5) is 0 Å². The Morgan fingerprint density at radius 2 is 2.00 bits per heavy atom. The van der Waals surface area contributed by atoms with Crippen LogP contribution in [0.5, 0.6) is 0 Å². The fraction of sp³-hybridized carbons (Fsp3) is 0.583. The molecule has 1 aliphatic rings. The molecule has 0 aromatic carbocycles. The van der Waals surface area contributed by atoms with E-state index in [-0.39, 0.29) is 11.9 Å². The number of carbonyl (C=O) groups is 1. The molecule has 1 rings (SSSR count). The van der Waals surface area contributed by atoms with E-state index in [9.17, 15) is 4.79 Å². The Morgan fingerprint density at radius 1 is 1.33 bits per heavy atom. The van der Waals surface area contributed by atoms with Gasteiger partial charge in [0.25, 0.3) is 0 Å². The maximum Gasteiger partial charge on any atom is 0.241 e. The molecule has 1 amide bonds. The summed E-state index contributed by atoms with van der Waals surface area (Å²) in [5.41, 5.74) is 0. The lowest BCUT2D eigenvalue weighted by molar-refractivity contribution is -0.133. The predicted octanol–water partition coefficient (Wildman–Crippen LogP) is 1.34. The molecule has 83 valence electrons. The van der Waals surface area contributed by atoms with Gasteiger partial charge in [-0.2, -0.15) is 0 Å². The summed E-state index contributed by atoms with van der Waals surface area (Å²) in [6.45, 7) is 9.29. The van der Waals surface area contributed by atoms with Crippen LogP contribution in [0.2, 0.25) is 0 Å². The fourth-order valence-corrected chi connectivity index (χ4v) is 1.77. The van der Waals surface area contributed by atoms with Gasteiger partial charge in [0.15, 0.2) is 0 Å². The van der Waals surface area contributed by atoms with Gasteiger partial charge in [0.1, 0.15) is 6.04 Å². The average Bonchev–Trinajstić information content (AvgIpc) is 2.29. The van der Waals surface area contributed by atoms with Crippen LogP contribution >= 0.6 is 0 Å². The Hall–Kier alpha value is -1.09. The van der Waals surface area contributed by atoms with Gasteiger partial charge in [-0.3, -0.25) is 4.79 Å². The summed E-state index contributed by atoms with van der Waals surface area (Å²) in [4.78, 5) is 13.8. The molecule has 0 N–H and O–H groups in total. The van der Waals surface area contributed by atoms with Crippen LogP contribution < -0.4 is 5.32 Å². The minimum absolute atomic E-state index is 0.120. The molecule has 1 radical (unpaired) electrons. The van der Waals surface area contributed by atoms with Gasteiger partial charge in [0.2, 0.25) is 5.91 Å². The zero-order valence-corrected chi connectivity index (χ0v) is 9.19. The molecular formula is C12H19N2O. The quantitative estimate of drug-likeness (QED) is 0.626. The number of hydrogen-bond donors (Lipinski definition) is 0. The van der Waals surface area contributed by atoms with Crippen LogP contribution in [-0.2, 0) is 4.79 Å². The molecule has 0 aromatic heterocycles. The van der Waals surface area contributed by atoms with E-state index in [1.165, 1.54) is 0 Å². The van der Waals surface area contributed by atoms with Gasteiger partial charge in [-0.05, 0) is 19.3 Å². The molecule has 0 saturated carbocycles. The van der Waals surface area contributed by atoms with Crippen molar-refractivity contribution in [2.24, 2.45) is 0 Å². The lowest BCUT2D eigenvalue weighted by atomic mass is 10.0. The maximum absolute atomic E-state index is 12.0. The first kappa shape index (κ1) is 12.0. The third-order valence-electron chi connectivity index (χ3n) is 2.53. The van der Waals surface area contributed by atoms with Crippen LogP contribution in [0.1, 0.15) is 19.3 Å². The summed E-state index contributed by atoms with van der Waals surface area (Å²) in [6, 6.07) is -0.126. The Balaban J connectivity index is 2.52. The Bertz CT molecular complexity index is 222. The highest BCUT2D eigenvalue weighted by Crippen LogP contribution is 2.11. The summed E-state index contributed by atoms with van der Waals surface area (Å²) >= 11 is 0. The molecule has 1 fully saturated rings. The minimum Gasteiger partial charge on any atom is -0.334 e. The van der Waals surface area contributed by atoms with Crippen molar-refractivity contribution in [3.63, 3.8) is 0 Å². The lowest BCUT2D eigenvalue weighted by Crippen LogP contribution is -2.45. The topological polar surface area (TPSA) is 34.4 Å². The maximum atomic E-state index is 12.0. The van der Waals surface area contributed by atoms with E-state index in [4.69, 9.17) is 0 Å². The second-order valence-electron chi connectivity index (χ2n) is 3.74. The summed E-state index contributed by atoms with van der Waals surface area (Å²) in [7, 11) is 0. The van der Waals surface area contributed by atoms with E-state index in [0.717, 1.165) is 25.8 Å². The molecule has 3 nitrogen and oxygen atoms in total. The molecule has 3 heteroatoms. The van der Waals surface area contributed by atoms with Gasteiger partial charge in [0.05, 0.1) is 0 Å². The highest BCUT2D eigenvalue weighted by molar-refractivity contribution is 5.82. The van der Waals surface area contributed by atoms with Crippen LogP contribution in [0.25, 0.3) is 0 Å². The Morgan fingerprint density at radius 3 is 2.47 bits per heavy atom. The average molecular weight is 207 g/mol. The predicted molar refractivity (Wildman–Crippen MR) is 61.6 cm³/mol. The smallest absolute Gasteiger partial charge is 0.241 e. The van der Waals surface area contributed by atoms with Crippen molar-refractivity contribution in [3.05, 3.63) is 25.3 Å². The summed E-state index contributed by atoms with van der Waals surface area (Å²) in [5.74, 6) is 0.120. The standard InChI is InChI=1S/C12H19N2O/c1-3-9-14(10-4-2)12(15)11-7-5-6-8-13-11/h3-4,11H,1-2,5-10H2. The van der Waals surface area contributed by atoms with E-state index in [0.29, 0.717) is 13.1 Å². The van der Waals surface area contributed by atoms with Gasteiger partial charge in [0, 0.05) is 19.6 Å². The molecule has 1 unspecified atom stereocenters. The number of rotatable bonds is 5. The van der Waals surface area contributed by atoms with Crippen molar-refractivity contribution in [2.45, 2.75) is 25.3 Å². The molecule has 1 aliphatic heterocycles. The first-order chi connectivity index (χ1) is 7.29. The normalized spacial score (nSPS) is 20.7. The van der Waals surface area contributed by atoms with Gasteiger partial charge >= 0.3 is 0 Å². The minimum atomic E-state index is -0.126. The molecular weight excluding hydrogens is 188 g/mol. The highest BCUT2D eigenvalue weighted by Gasteiger charge is 2.25. The molecule has 0 spiro atoms. The van der Waals surface area contributed by atoms with E-state index in [1.54, 1.807) is 17.1 Å². The third kappa shape index (κ3) is 3.51. The zero-order valence-electron chi connectivity index (χ0n) is 9.19. The van der Waals surface area contributed by atoms with Crippen LogP contribution in [-0.4, -0.2) is 36.5 Å². The van der Waals surface area contributed by atoms with E-state index in [1.807, 2.05) is 0 Å². The lowest BCUT2D eigenvalue weighted by Gasteiger charge is -2.27. The van der Waals surface area contributed by atoms with E-state index >= 15 is 0 Å². The van der Waals surface area contributed by atoms with E-state index in [2.05, 4.69) is 18.5 Å². The molecule has 1 atom stereocenters. The van der Waals surface area contributed by atoms with Crippen LogP contribution in [0, 0.1) is 0 Å². The second-order valence-corrected chi connectivity index (χ2v) is 3.74.